The van der Waals surface area contributed by atoms with E-state index in [4.69, 9.17) is 0 Å². The van der Waals surface area contributed by atoms with Crippen LogP contribution in [0.15, 0.2) is 73.0 Å². The summed E-state index contributed by atoms with van der Waals surface area (Å²) in [6, 6.07) is 11.8. The molecule has 1 saturated heterocycles. The van der Waals surface area contributed by atoms with Gasteiger partial charge in [-0.25, -0.2) is 9.97 Å². The van der Waals surface area contributed by atoms with Crippen molar-refractivity contribution in [3.05, 3.63) is 73.0 Å². The predicted octanol–water partition coefficient (Wildman–Crippen LogP) is 4.23. The van der Waals surface area contributed by atoms with Crippen LogP contribution in [0.5, 0.6) is 5.88 Å². The zero-order valence-corrected chi connectivity index (χ0v) is 15.8. The summed E-state index contributed by atoms with van der Waals surface area (Å²) in [7, 11) is 0. The number of hydrogen-bond donors (Lipinski definition) is 2. The molecule has 6 heteroatoms. The van der Waals surface area contributed by atoms with Crippen molar-refractivity contribution >= 4 is 11.5 Å². The molecule has 28 heavy (non-hydrogen) atoms. The summed E-state index contributed by atoms with van der Waals surface area (Å²) in [5.74, 6) is 0.859. The maximum Gasteiger partial charge on any atom is 0.210 e. The van der Waals surface area contributed by atoms with E-state index in [0.717, 1.165) is 47.7 Å². The Morgan fingerprint density at radius 1 is 1.11 bits per heavy atom. The lowest BCUT2D eigenvalue weighted by molar-refractivity contribution is 0.453. The molecule has 0 amide bonds. The molecule has 1 aliphatic heterocycles. The second kappa shape index (κ2) is 8.08. The fourth-order valence-electron chi connectivity index (χ4n) is 3.62. The highest BCUT2D eigenvalue weighted by atomic mass is 16.3. The number of pyridine rings is 3. The van der Waals surface area contributed by atoms with Gasteiger partial charge in [-0.2, -0.15) is 0 Å². The second-order valence-corrected chi connectivity index (χ2v) is 6.77. The van der Waals surface area contributed by atoms with Crippen molar-refractivity contribution in [3.63, 3.8) is 0 Å². The predicted molar refractivity (Wildman–Crippen MR) is 111 cm³/mol. The Kier molecular flexibility index (Phi) is 5.19. The Morgan fingerprint density at radius 2 is 2.00 bits per heavy atom. The van der Waals surface area contributed by atoms with Gasteiger partial charge in [0.1, 0.15) is 5.82 Å². The Morgan fingerprint density at radius 3 is 2.68 bits per heavy atom. The number of hydrogen-bond acceptors (Lipinski definition) is 6. The highest BCUT2D eigenvalue weighted by Crippen LogP contribution is 2.30. The van der Waals surface area contributed by atoms with Crippen molar-refractivity contribution in [2.75, 3.05) is 16.8 Å². The van der Waals surface area contributed by atoms with Gasteiger partial charge in [0.2, 0.25) is 5.88 Å². The molecule has 6 nitrogen and oxygen atoms in total. The summed E-state index contributed by atoms with van der Waals surface area (Å²) in [4.78, 5) is 15.1. The molecule has 1 aliphatic rings. The van der Waals surface area contributed by atoms with Crippen LogP contribution in [0, 0.1) is 0 Å². The summed E-state index contributed by atoms with van der Waals surface area (Å²) in [5.41, 5.74) is 4.22. The van der Waals surface area contributed by atoms with Crippen LogP contribution < -0.4 is 10.2 Å². The average Bonchev–Trinajstić information content (AvgIpc) is 3.23. The summed E-state index contributed by atoms with van der Waals surface area (Å²) in [6.45, 7) is 3.00. The topological polar surface area (TPSA) is 74.2 Å². The van der Waals surface area contributed by atoms with Crippen LogP contribution in [-0.4, -0.2) is 32.6 Å². The highest BCUT2D eigenvalue weighted by molar-refractivity contribution is 5.63. The van der Waals surface area contributed by atoms with Gasteiger partial charge in [0.05, 0.1) is 17.9 Å². The van der Waals surface area contributed by atoms with E-state index in [2.05, 4.69) is 37.3 Å². The zero-order chi connectivity index (χ0) is 19.3. The number of aromatic hydroxyl groups is 1. The minimum Gasteiger partial charge on any atom is -0.493 e. The molecule has 3 aromatic heterocycles. The lowest BCUT2D eigenvalue weighted by Gasteiger charge is -2.29. The van der Waals surface area contributed by atoms with Gasteiger partial charge in [-0.1, -0.05) is 12.1 Å². The number of rotatable bonds is 5. The minimum atomic E-state index is 0.0433. The molecule has 0 radical (unpaired) electrons. The van der Waals surface area contributed by atoms with Crippen LogP contribution in [0.3, 0.4) is 0 Å². The van der Waals surface area contributed by atoms with Gasteiger partial charge in [-0.15, -0.1) is 0 Å². The molecule has 1 fully saturated rings. The third-order valence-corrected chi connectivity index (χ3v) is 5.02. The van der Waals surface area contributed by atoms with E-state index in [1.54, 1.807) is 18.5 Å². The van der Waals surface area contributed by atoms with Crippen LogP contribution in [0.4, 0.5) is 11.5 Å². The maximum absolute atomic E-state index is 9.45. The monoisotopic (exact) mass is 373 g/mol. The third kappa shape index (κ3) is 3.81. The lowest BCUT2D eigenvalue weighted by atomic mass is 10.1. The molecule has 0 aromatic carbocycles. The smallest absolute Gasteiger partial charge is 0.210 e. The van der Waals surface area contributed by atoms with E-state index in [9.17, 15) is 5.11 Å². The van der Waals surface area contributed by atoms with Crippen LogP contribution >= 0.6 is 0 Å². The summed E-state index contributed by atoms with van der Waals surface area (Å²) in [6.07, 6.45) is 11.5. The van der Waals surface area contributed by atoms with Gasteiger partial charge in [-0.05, 0) is 44.0 Å². The van der Waals surface area contributed by atoms with Crippen LogP contribution in [0.2, 0.25) is 0 Å². The van der Waals surface area contributed by atoms with Gasteiger partial charge in [0, 0.05) is 48.0 Å². The van der Waals surface area contributed by atoms with Crippen molar-refractivity contribution in [2.24, 2.45) is 0 Å². The van der Waals surface area contributed by atoms with Crippen molar-refractivity contribution in [3.8, 4) is 17.0 Å². The molecular formula is C22H23N5O. The van der Waals surface area contributed by atoms with Gasteiger partial charge in [0.25, 0.3) is 0 Å². The van der Waals surface area contributed by atoms with Gasteiger partial charge >= 0.3 is 0 Å². The van der Waals surface area contributed by atoms with E-state index >= 15 is 0 Å². The van der Waals surface area contributed by atoms with Crippen molar-refractivity contribution < 1.29 is 5.11 Å². The summed E-state index contributed by atoms with van der Waals surface area (Å²) < 4.78 is 0. The quantitative estimate of drug-likeness (QED) is 0.697. The fourth-order valence-corrected chi connectivity index (χ4v) is 3.62. The number of aromatic nitrogens is 3. The number of nitrogens with zero attached hydrogens (tertiary/aromatic N) is 4. The molecule has 4 heterocycles. The van der Waals surface area contributed by atoms with E-state index in [1.807, 2.05) is 43.6 Å². The number of allylic oxidation sites excluding steroid dienone is 1. The molecule has 2 N–H and O–H groups in total. The Bertz CT molecular complexity index is 939. The van der Waals surface area contributed by atoms with Crippen LogP contribution in [0.25, 0.3) is 11.1 Å². The largest absolute Gasteiger partial charge is 0.493 e. The zero-order valence-electron chi connectivity index (χ0n) is 15.8. The van der Waals surface area contributed by atoms with Gasteiger partial charge in [0.15, 0.2) is 0 Å². The molecule has 0 bridgehead atoms. The number of nitrogens with one attached hydrogen (secondary N) is 1. The normalized spacial score (nSPS) is 17.0. The highest BCUT2D eigenvalue weighted by Gasteiger charge is 2.28. The first-order valence-electron chi connectivity index (χ1n) is 9.46. The van der Waals surface area contributed by atoms with E-state index in [1.165, 1.54) is 0 Å². The molecule has 0 aliphatic carbocycles. The summed E-state index contributed by atoms with van der Waals surface area (Å²) >= 11 is 0. The SMILES string of the molecule is CC=C(Nc1ccc(-c2cccnc2)cn1)[C@@H]1CCCN1c1ccc(O)nc1. The van der Waals surface area contributed by atoms with Crippen molar-refractivity contribution in [2.45, 2.75) is 25.8 Å². The molecule has 0 spiro atoms. The third-order valence-electron chi connectivity index (χ3n) is 5.02. The van der Waals surface area contributed by atoms with E-state index in [0.29, 0.717) is 0 Å². The van der Waals surface area contributed by atoms with E-state index < -0.39 is 0 Å². The minimum absolute atomic E-state index is 0.0433. The molecule has 142 valence electrons. The Balaban J connectivity index is 1.50. The second-order valence-electron chi connectivity index (χ2n) is 6.77. The standard InChI is InChI=1S/C22H23N5O/c1-2-19(20-6-4-12-27(20)18-8-10-22(28)25-15-18)26-21-9-7-17(14-24-21)16-5-3-11-23-13-16/h2-3,5,7-11,13-15,20H,4,6,12H2,1H3,(H,24,26)(H,25,28)/t20-/m0/s1. The molecule has 1 atom stereocenters. The fraction of sp³-hybridized carbons (Fsp3) is 0.227. The van der Waals surface area contributed by atoms with E-state index in [-0.39, 0.29) is 11.9 Å². The molecule has 3 aromatic rings. The van der Waals surface area contributed by atoms with Crippen molar-refractivity contribution in [1.29, 1.82) is 0 Å². The first-order chi connectivity index (χ1) is 13.7. The Hall–Kier alpha value is -3.41. The molecule has 4 rings (SSSR count). The van der Waals surface area contributed by atoms with Gasteiger partial charge < -0.3 is 15.3 Å². The van der Waals surface area contributed by atoms with Gasteiger partial charge in [-0.3, -0.25) is 4.98 Å². The first-order valence-corrected chi connectivity index (χ1v) is 9.46. The van der Waals surface area contributed by atoms with Crippen LogP contribution in [0.1, 0.15) is 19.8 Å². The van der Waals surface area contributed by atoms with Crippen LogP contribution in [-0.2, 0) is 0 Å². The summed E-state index contributed by atoms with van der Waals surface area (Å²) in [5, 5.41) is 12.9. The first kappa shape index (κ1) is 18.0. The molecular weight excluding hydrogens is 350 g/mol. The molecule has 0 unspecified atom stereocenters. The van der Waals surface area contributed by atoms with Crippen molar-refractivity contribution in [1.82, 2.24) is 15.0 Å². The number of anilines is 2. The maximum atomic E-state index is 9.45. The Labute approximate surface area is 164 Å². The average molecular weight is 373 g/mol. The molecule has 0 saturated carbocycles. The lowest BCUT2D eigenvalue weighted by Crippen LogP contribution is -2.33.